The van der Waals surface area contributed by atoms with Gasteiger partial charge in [-0.25, -0.2) is 4.39 Å². The minimum Gasteiger partial charge on any atom is -0.508 e. The number of fused-ring (bicyclic) bond motifs is 2. The topological polar surface area (TPSA) is 70.0 Å². The summed E-state index contributed by atoms with van der Waals surface area (Å²) in [6, 6.07) is 9.79. The fourth-order valence-electron chi connectivity index (χ4n) is 4.30. The maximum absolute atomic E-state index is 13.9. The van der Waals surface area contributed by atoms with Gasteiger partial charge in [-0.15, -0.1) is 0 Å². The minimum atomic E-state index is -0.802. The van der Waals surface area contributed by atoms with Crippen molar-refractivity contribution in [3.05, 3.63) is 64.5 Å². The number of rotatable bonds is 3. The Balaban J connectivity index is 1.72. The molecule has 0 bridgehead atoms. The molecule has 0 amide bonds. The predicted molar refractivity (Wildman–Crippen MR) is 112 cm³/mol. The number of phenols is 1. The molecule has 0 unspecified atom stereocenters. The highest BCUT2D eigenvalue weighted by Gasteiger charge is 2.32. The van der Waals surface area contributed by atoms with Crippen LogP contribution in [0.1, 0.15) is 43.4 Å². The summed E-state index contributed by atoms with van der Waals surface area (Å²) in [4.78, 5) is 13.7. The Morgan fingerprint density at radius 2 is 1.87 bits per heavy atom. The summed E-state index contributed by atoms with van der Waals surface area (Å²) in [5.41, 5.74) is 3.92. The number of carbonyl (C=O) groups is 1. The molecule has 4 rings (SSSR count). The van der Waals surface area contributed by atoms with Gasteiger partial charge in [-0.1, -0.05) is 11.6 Å². The molecule has 0 atom stereocenters. The third kappa shape index (κ3) is 3.92. The molecular weight excluding hydrogens is 385 g/mol. The molecule has 2 aliphatic heterocycles. The molecule has 2 N–H and O–H groups in total. The number of aromatic hydroxyl groups is 1. The number of likely N-dealkylation sites (tertiary alicyclic amines) is 1. The van der Waals surface area contributed by atoms with E-state index >= 15 is 0 Å². The molecule has 158 valence electrons. The number of hydrogen-bond acceptors (Lipinski definition) is 4. The molecule has 2 aliphatic rings. The monoisotopic (exact) mass is 411 g/mol. The van der Waals surface area contributed by atoms with Gasteiger partial charge in [0, 0.05) is 30.8 Å². The molecule has 6 heteroatoms. The zero-order valence-corrected chi connectivity index (χ0v) is 17.2. The number of hydrogen-bond donors (Lipinski definition) is 2. The van der Waals surface area contributed by atoms with Crippen LogP contribution in [0.4, 0.5) is 4.39 Å². The van der Waals surface area contributed by atoms with Crippen molar-refractivity contribution in [3.8, 4) is 11.5 Å². The Morgan fingerprint density at radius 3 is 2.57 bits per heavy atom. The Labute approximate surface area is 175 Å². The van der Waals surface area contributed by atoms with Crippen LogP contribution < -0.4 is 4.74 Å². The van der Waals surface area contributed by atoms with Crippen LogP contribution in [0.3, 0.4) is 0 Å². The molecule has 2 aromatic carbocycles. The van der Waals surface area contributed by atoms with E-state index in [1.165, 1.54) is 17.7 Å². The average Bonchev–Trinajstić information content (AvgIpc) is 2.84. The molecule has 0 aliphatic carbocycles. The van der Waals surface area contributed by atoms with Crippen LogP contribution in [0.15, 0.2) is 42.0 Å². The molecule has 30 heavy (non-hydrogen) atoms. The Bertz CT molecular complexity index is 1020. The fraction of sp³-hybridized carbons (Fsp3) is 0.375. The second-order valence-corrected chi connectivity index (χ2v) is 8.71. The molecule has 2 heterocycles. The van der Waals surface area contributed by atoms with Gasteiger partial charge in [0.15, 0.2) is 0 Å². The number of benzene rings is 2. The van der Waals surface area contributed by atoms with Gasteiger partial charge in [0.05, 0.1) is 5.41 Å². The van der Waals surface area contributed by atoms with E-state index < -0.39 is 11.4 Å². The number of piperidine rings is 1. The highest BCUT2D eigenvalue weighted by atomic mass is 19.1. The highest BCUT2D eigenvalue weighted by Crippen LogP contribution is 2.42. The van der Waals surface area contributed by atoms with Crippen molar-refractivity contribution in [2.24, 2.45) is 5.41 Å². The van der Waals surface area contributed by atoms with Gasteiger partial charge < -0.3 is 19.8 Å². The molecule has 1 fully saturated rings. The summed E-state index contributed by atoms with van der Waals surface area (Å²) in [7, 11) is 0. The summed E-state index contributed by atoms with van der Waals surface area (Å²) in [5.74, 6) is -0.280. The van der Waals surface area contributed by atoms with Crippen LogP contribution in [-0.2, 0) is 11.4 Å². The van der Waals surface area contributed by atoms with Gasteiger partial charge in [0.25, 0.3) is 0 Å². The maximum Gasteiger partial charge on any atom is 0.310 e. The largest absolute Gasteiger partial charge is 0.508 e. The van der Waals surface area contributed by atoms with Crippen LogP contribution in [0.5, 0.6) is 11.5 Å². The summed E-state index contributed by atoms with van der Waals surface area (Å²) in [6.07, 6.45) is 1.55. The zero-order chi connectivity index (χ0) is 21.5. The lowest BCUT2D eigenvalue weighted by Gasteiger charge is -2.34. The van der Waals surface area contributed by atoms with Gasteiger partial charge >= 0.3 is 5.97 Å². The lowest BCUT2D eigenvalue weighted by atomic mass is 9.85. The molecule has 0 radical (unpaired) electrons. The first-order valence-corrected chi connectivity index (χ1v) is 10.2. The van der Waals surface area contributed by atoms with Crippen molar-refractivity contribution >= 4 is 11.5 Å². The number of phenolic OH excluding ortho intramolecular Hbond substituents is 1. The summed E-state index contributed by atoms with van der Waals surface area (Å²) in [5, 5.41) is 19.5. The first-order chi connectivity index (χ1) is 14.2. The van der Waals surface area contributed by atoms with Crippen LogP contribution in [0.2, 0.25) is 0 Å². The van der Waals surface area contributed by atoms with E-state index in [-0.39, 0.29) is 18.2 Å². The Kier molecular flexibility index (Phi) is 5.28. The van der Waals surface area contributed by atoms with Gasteiger partial charge in [0.1, 0.15) is 23.9 Å². The molecule has 1 saturated heterocycles. The van der Waals surface area contributed by atoms with Crippen molar-refractivity contribution in [1.82, 2.24) is 4.90 Å². The Morgan fingerprint density at radius 1 is 1.13 bits per heavy atom. The fourth-order valence-corrected chi connectivity index (χ4v) is 4.30. The van der Waals surface area contributed by atoms with E-state index in [9.17, 15) is 19.4 Å². The van der Waals surface area contributed by atoms with Gasteiger partial charge in [-0.05, 0) is 68.2 Å². The molecule has 0 aromatic heterocycles. The summed E-state index contributed by atoms with van der Waals surface area (Å²) < 4.78 is 19.8. The first-order valence-electron chi connectivity index (χ1n) is 10.2. The van der Waals surface area contributed by atoms with Crippen molar-refractivity contribution in [3.63, 3.8) is 0 Å². The van der Waals surface area contributed by atoms with E-state index in [0.717, 1.165) is 48.2 Å². The second kappa shape index (κ2) is 7.76. The molecule has 0 saturated carbocycles. The predicted octanol–water partition coefficient (Wildman–Crippen LogP) is 4.43. The van der Waals surface area contributed by atoms with E-state index in [0.29, 0.717) is 12.3 Å². The van der Waals surface area contributed by atoms with E-state index in [1.54, 1.807) is 38.1 Å². The van der Waals surface area contributed by atoms with Crippen molar-refractivity contribution in [2.75, 3.05) is 19.6 Å². The first kappa shape index (κ1) is 20.4. The maximum atomic E-state index is 13.9. The van der Waals surface area contributed by atoms with E-state index in [1.807, 2.05) is 0 Å². The average molecular weight is 411 g/mol. The number of carboxylic acids is 1. The quantitative estimate of drug-likeness (QED) is 0.782. The van der Waals surface area contributed by atoms with Crippen molar-refractivity contribution < 1.29 is 24.1 Å². The summed E-state index contributed by atoms with van der Waals surface area (Å²) >= 11 is 0. The molecule has 5 nitrogen and oxygen atoms in total. The second-order valence-electron chi connectivity index (χ2n) is 8.71. The number of halogens is 1. The third-order valence-corrected chi connectivity index (χ3v) is 5.96. The van der Waals surface area contributed by atoms with Crippen molar-refractivity contribution in [1.29, 1.82) is 0 Å². The van der Waals surface area contributed by atoms with Crippen LogP contribution in [0, 0.1) is 11.2 Å². The van der Waals surface area contributed by atoms with E-state index in [4.69, 9.17) is 4.74 Å². The SMILES string of the molecule is CC(C)(CN1CCC(=C2c3ccc(F)cc3COc3ccc(O)cc32)CC1)C(=O)O. The van der Waals surface area contributed by atoms with Crippen LogP contribution >= 0.6 is 0 Å². The molecule has 2 aromatic rings. The van der Waals surface area contributed by atoms with Gasteiger partial charge in [-0.3, -0.25) is 4.79 Å². The van der Waals surface area contributed by atoms with Crippen LogP contribution in [-0.4, -0.2) is 40.7 Å². The summed E-state index contributed by atoms with van der Waals surface area (Å²) in [6.45, 7) is 5.75. The number of nitrogens with zero attached hydrogens (tertiary/aromatic N) is 1. The smallest absolute Gasteiger partial charge is 0.310 e. The third-order valence-electron chi connectivity index (χ3n) is 5.96. The lowest BCUT2D eigenvalue weighted by Crippen LogP contribution is -2.42. The zero-order valence-electron chi connectivity index (χ0n) is 17.2. The molecule has 0 spiro atoms. The normalized spacial score (nSPS) is 17.0. The van der Waals surface area contributed by atoms with Crippen LogP contribution in [0.25, 0.3) is 5.57 Å². The van der Waals surface area contributed by atoms with Gasteiger partial charge in [-0.2, -0.15) is 0 Å². The van der Waals surface area contributed by atoms with Crippen molar-refractivity contribution in [2.45, 2.75) is 33.3 Å². The lowest BCUT2D eigenvalue weighted by molar-refractivity contribution is -0.148. The minimum absolute atomic E-state index is 0.154. The number of ether oxygens (including phenoxy) is 1. The number of aliphatic carboxylic acids is 1. The Hall–Kier alpha value is -2.86. The standard InChI is InChI=1S/C24H26FNO4/c1-24(2,23(28)29)14-26-9-7-15(8-10-26)22-19-5-3-17(25)11-16(19)13-30-21-6-4-18(27)12-20(21)22/h3-6,11-12,27H,7-10,13-14H2,1-2H3,(H,28,29). The highest BCUT2D eigenvalue weighted by molar-refractivity contribution is 5.87. The number of carboxylic acid groups (broad SMARTS) is 1. The molecular formula is C24H26FNO4. The van der Waals surface area contributed by atoms with E-state index in [2.05, 4.69) is 4.90 Å². The van der Waals surface area contributed by atoms with Gasteiger partial charge in [0.2, 0.25) is 0 Å².